The van der Waals surface area contributed by atoms with Gasteiger partial charge in [0.05, 0.1) is 12.6 Å². The highest BCUT2D eigenvalue weighted by Gasteiger charge is 2.27. The van der Waals surface area contributed by atoms with Crippen LogP contribution in [0.1, 0.15) is 38.0 Å². The largest absolute Gasteiger partial charge is 0.424 e. The Labute approximate surface area is 107 Å². The molecule has 2 heterocycles. The van der Waals surface area contributed by atoms with Crippen molar-refractivity contribution in [3.63, 3.8) is 0 Å². The Balaban J connectivity index is 1.90. The number of likely N-dealkylation sites (tertiary alicyclic amines) is 1. The van der Waals surface area contributed by atoms with E-state index in [0.717, 1.165) is 13.0 Å². The number of hydrogen-bond acceptors (Lipinski definition) is 6. The molecule has 1 aromatic rings. The number of hydrogen-bond donors (Lipinski definition) is 2. The zero-order chi connectivity index (χ0) is 13.1. The zero-order valence-corrected chi connectivity index (χ0v) is 10.9. The van der Waals surface area contributed by atoms with Crippen molar-refractivity contribution in [3.05, 3.63) is 11.8 Å². The van der Waals surface area contributed by atoms with Gasteiger partial charge in [-0.15, -0.1) is 10.2 Å². The van der Waals surface area contributed by atoms with Crippen molar-refractivity contribution >= 4 is 0 Å². The van der Waals surface area contributed by atoms with E-state index in [1.807, 2.05) is 13.8 Å². The van der Waals surface area contributed by atoms with Gasteiger partial charge in [-0.2, -0.15) is 0 Å². The summed E-state index contributed by atoms with van der Waals surface area (Å²) in [5.41, 5.74) is 0. The summed E-state index contributed by atoms with van der Waals surface area (Å²) in [6.07, 6.45) is 0.319. The lowest BCUT2D eigenvalue weighted by Gasteiger charge is -2.34. The molecule has 0 radical (unpaired) electrons. The van der Waals surface area contributed by atoms with Gasteiger partial charge in [-0.3, -0.25) is 4.90 Å². The summed E-state index contributed by atoms with van der Waals surface area (Å²) in [6.45, 7) is 6.01. The van der Waals surface area contributed by atoms with Gasteiger partial charge < -0.3 is 14.6 Å². The van der Waals surface area contributed by atoms with Crippen molar-refractivity contribution in [1.29, 1.82) is 0 Å². The van der Waals surface area contributed by atoms with Gasteiger partial charge in [-0.1, -0.05) is 13.8 Å². The zero-order valence-electron chi connectivity index (χ0n) is 10.9. The van der Waals surface area contributed by atoms with Crippen LogP contribution in [-0.4, -0.2) is 51.1 Å². The maximum absolute atomic E-state index is 9.84. The topological polar surface area (TPSA) is 82.6 Å². The molecule has 102 valence electrons. The van der Waals surface area contributed by atoms with Crippen LogP contribution in [0.2, 0.25) is 0 Å². The summed E-state index contributed by atoms with van der Waals surface area (Å²) >= 11 is 0. The van der Waals surface area contributed by atoms with Gasteiger partial charge in [0.2, 0.25) is 11.8 Å². The summed E-state index contributed by atoms with van der Waals surface area (Å²) in [5, 5.41) is 26.9. The Morgan fingerprint density at radius 1 is 1.44 bits per heavy atom. The first-order chi connectivity index (χ1) is 8.60. The molecule has 1 aliphatic rings. The maximum atomic E-state index is 9.84. The molecule has 0 saturated carbocycles. The quantitative estimate of drug-likeness (QED) is 0.808. The minimum atomic E-state index is -0.476. The molecular weight excluding hydrogens is 234 g/mol. The summed E-state index contributed by atoms with van der Waals surface area (Å²) in [5.74, 6) is 1.47. The average molecular weight is 255 g/mol. The van der Waals surface area contributed by atoms with E-state index < -0.39 is 6.10 Å². The fourth-order valence-electron chi connectivity index (χ4n) is 2.16. The molecule has 2 rings (SSSR count). The minimum absolute atomic E-state index is 0.00448. The molecule has 18 heavy (non-hydrogen) atoms. The lowest BCUT2D eigenvalue weighted by molar-refractivity contribution is -0.00680. The van der Waals surface area contributed by atoms with Crippen LogP contribution in [0, 0.1) is 5.92 Å². The van der Waals surface area contributed by atoms with Crippen molar-refractivity contribution in [1.82, 2.24) is 15.1 Å². The lowest BCUT2D eigenvalue weighted by Crippen LogP contribution is -2.44. The molecule has 0 bridgehead atoms. The van der Waals surface area contributed by atoms with E-state index in [9.17, 15) is 5.11 Å². The third kappa shape index (κ3) is 3.07. The van der Waals surface area contributed by atoms with Crippen molar-refractivity contribution in [3.8, 4) is 0 Å². The van der Waals surface area contributed by atoms with Gasteiger partial charge in [-0.25, -0.2) is 0 Å². The summed E-state index contributed by atoms with van der Waals surface area (Å²) in [6, 6.07) is 0. The molecule has 1 aromatic heterocycles. The molecule has 0 aromatic carbocycles. The second kappa shape index (κ2) is 5.77. The first-order valence-corrected chi connectivity index (χ1v) is 6.43. The van der Waals surface area contributed by atoms with Crippen molar-refractivity contribution in [2.24, 2.45) is 5.92 Å². The Bertz CT molecular complexity index is 380. The fourth-order valence-corrected chi connectivity index (χ4v) is 2.16. The number of nitrogens with zero attached hydrogens (tertiary/aromatic N) is 3. The van der Waals surface area contributed by atoms with Crippen LogP contribution < -0.4 is 0 Å². The molecule has 1 fully saturated rings. The van der Waals surface area contributed by atoms with Gasteiger partial charge in [0.15, 0.2) is 0 Å². The highest BCUT2D eigenvalue weighted by atomic mass is 16.4. The molecule has 0 aliphatic carbocycles. The highest BCUT2D eigenvalue weighted by Crippen LogP contribution is 2.19. The van der Waals surface area contributed by atoms with E-state index in [1.165, 1.54) is 0 Å². The van der Waals surface area contributed by atoms with E-state index in [2.05, 4.69) is 15.1 Å². The van der Waals surface area contributed by atoms with Crippen LogP contribution in [0.3, 0.4) is 0 Å². The molecule has 6 heteroatoms. The first-order valence-electron chi connectivity index (χ1n) is 6.43. The third-order valence-electron chi connectivity index (χ3n) is 3.38. The standard InChI is InChI=1S/C12H21N3O3/c1-8(2)12-14-13-11(18-12)6-15-4-3-9(7-16)10(17)5-15/h8-10,16-17H,3-7H2,1-2H3/t9-,10+/m0/s1. The van der Waals surface area contributed by atoms with Gasteiger partial charge in [0.25, 0.3) is 0 Å². The second-order valence-corrected chi connectivity index (χ2v) is 5.22. The molecule has 0 spiro atoms. The normalized spacial score (nSPS) is 25.8. The van der Waals surface area contributed by atoms with Crippen LogP contribution in [-0.2, 0) is 6.54 Å². The maximum Gasteiger partial charge on any atom is 0.230 e. The first kappa shape index (κ1) is 13.5. The van der Waals surface area contributed by atoms with Crippen molar-refractivity contribution in [2.75, 3.05) is 19.7 Å². The van der Waals surface area contributed by atoms with Gasteiger partial charge in [-0.05, 0) is 13.0 Å². The van der Waals surface area contributed by atoms with Crippen LogP contribution in [0.15, 0.2) is 4.42 Å². The summed E-state index contributed by atoms with van der Waals surface area (Å²) in [7, 11) is 0. The Morgan fingerprint density at radius 2 is 2.22 bits per heavy atom. The van der Waals surface area contributed by atoms with Crippen molar-refractivity contribution < 1.29 is 14.6 Å². The number of rotatable bonds is 4. The molecule has 6 nitrogen and oxygen atoms in total. The lowest BCUT2D eigenvalue weighted by atomic mass is 9.95. The van der Waals surface area contributed by atoms with E-state index in [-0.39, 0.29) is 18.4 Å². The molecule has 1 aliphatic heterocycles. The summed E-state index contributed by atoms with van der Waals surface area (Å²) < 4.78 is 5.54. The molecule has 0 unspecified atom stereocenters. The third-order valence-corrected chi connectivity index (χ3v) is 3.38. The smallest absolute Gasteiger partial charge is 0.230 e. The van der Waals surface area contributed by atoms with E-state index in [4.69, 9.17) is 9.52 Å². The second-order valence-electron chi connectivity index (χ2n) is 5.22. The Kier molecular flexibility index (Phi) is 4.31. The Morgan fingerprint density at radius 3 is 2.78 bits per heavy atom. The van der Waals surface area contributed by atoms with Crippen LogP contribution in [0.4, 0.5) is 0 Å². The fraction of sp³-hybridized carbons (Fsp3) is 0.833. The van der Waals surface area contributed by atoms with E-state index >= 15 is 0 Å². The van der Waals surface area contributed by atoms with Crippen LogP contribution >= 0.6 is 0 Å². The van der Waals surface area contributed by atoms with Gasteiger partial charge in [0, 0.05) is 25.0 Å². The SMILES string of the molecule is CC(C)c1nnc(CN2CC[C@@H](CO)[C@H](O)C2)o1. The molecule has 0 amide bonds. The molecule has 2 N–H and O–H groups in total. The number of aromatic nitrogens is 2. The number of piperidine rings is 1. The predicted octanol–water partition coefficient (Wildman–Crippen LogP) is 0.368. The summed E-state index contributed by atoms with van der Waals surface area (Å²) in [4.78, 5) is 2.08. The molecule has 1 saturated heterocycles. The number of aliphatic hydroxyl groups excluding tert-OH is 2. The highest BCUT2D eigenvalue weighted by molar-refractivity contribution is 4.88. The number of aliphatic hydroxyl groups is 2. The Hall–Kier alpha value is -0.980. The van der Waals surface area contributed by atoms with Gasteiger partial charge in [0.1, 0.15) is 0 Å². The molecule has 2 atom stereocenters. The van der Waals surface area contributed by atoms with Crippen molar-refractivity contribution in [2.45, 2.75) is 38.8 Å². The predicted molar refractivity (Wildman–Crippen MR) is 64.9 cm³/mol. The average Bonchev–Trinajstić information content (AvgIpc) is 2.78. The van der Waals surface area contributed by atoms with E-state index in [0.29, 0.717) is 24.9 Å². The van der Waals surface area contributed by atoms with Gasteiger partial charge >= 0.3 is 0 Å². The van der Waals surface area contributed by atoms with Crippen LogP contribution in [0.25, 0.3) is 0 Å². The minimum Gasteiger partial charge on any atom is -0.424 e. The van der Waals surface area contributed by atoms with Crippen LogP contribution in [0.5, 0.6) is 0 Å². The molecular formula is C12H21N3O3. The number of β-amino-alcohol motifs (C(OH)–C–C–N with tert-alkyl or cyclic N) is 1. The monoisotopic (exact) mass is 255 g/mol. The van der Waals surface area contributed by atoms with E-state index in [1.54, 1.807) is 0 Å².